The predicted molar refractivity (Wildman–Crippen MR) is 185 cm³/mol. The van der Waals surface area contributed by atoms with Gasteiger partial charge in [-0.1, -0.05) is 127 Å². The second kappa shape index (κ2) is 11.1. The molecule has 2 nitrogen and oxygen atoms in total. The van der Waals surface area contributed by atoms with Crippen molar-refractivity contribution in [2.75, 3.05) is 4.90 Å². The molecule has 0 atom stereocenters. The molecule has 0 aliphatic rings. The monoisotopic (exact) mass is 563 g/mol. The summed E-state index contributed by atoms with van der Waals surface area (Å²) in [5.41, 5.74) is 10.0. The highest BCUT2D eigenvalue weighted by molar-refractivity contribution is 5.90. The van der Waals surface area contributed by atoms with Gasteiger partial charge in [0.2, 0.25) is 0 Å². The number of benzene rings is 7. The van der Waals surface area contributed by atoms with E-state index in [1.165, 1.54) is 21.9 Å². The molecule has 0 bridgehead atoms. The van der Waals surface area contributed by atoms with Gasteiger partial charge in [-0.15, -0.1) is 0 Å². The molecule has 0 saturated carbocycles. The van der Waals surface area contributed by atoms with Crippen LogP contribution in [0.2, 0.25) is 0 Å². The minimum absolute atomic E-state index is 0.885. The second-order valence-electron chi connectivity index (χ2n) is 11.0. The van der Waals surface area contributed by atoms with E-state index in [1.807, 2.05) is 18.2 Å². The first-order valence-electron chi connectivity index (χ1n) is 14.9. The van der Waals surface area contributed by atoms with Crippen LogP contribution in [-0.2, 0) is 0 Å². The number of hydrogen-bond donors (Lipinski definition) is 0. The highest BCUT2D eigenvalue weighted by Crippen LogP contribution is 2.38. The topological polar surface area (TPSA) is 16.4 Å². The van der Waals surface area contributed by atoms with Crippen molar-refractivity contribution in [3.05, 3.63) is 176 Å². The van der Waals surface area contributed by atoms with Crippen molar-refractivity contribution in [2.45, 2.75) is 0 Å². The van der Waals surface area contributed by atoms with E-state index in [2.05, 4.69) is 163 Å². The van der Waals surface area contributed by atoms with Gasteiger partial charge in [0.15, 0.2) is 0 Å². The molecular weight excluding hydrogens is 534 g/mol. The molecule has 0 radical (unpaired) electrons. The van der Waals surface area contributed by atoms with Crippen LogP contribution in [0.25, 0.3) is 55.3 Å². The zero-order valence-electron chi connectivity index (χ0n) is 24.1. The van der Waals surface area contributed by atoms with Gasteiger partial charge in [-0.25, -0.2) is 0 Å². The molecule has 208 valence electrons. The Morgan fingerprint density at radius 1 is 0.341 bits per heavy atom. The summed E-state index contributed by atoms with van der Waals surface area (Å²) in [7, 11) is 0. The number of anilines is 3. The largest absolute Gasteiger partial charge is 0.456 e. The summed E-state index contributed by atoms with van der Waals surface area (Å²) in [5.74, 6) is 0.885. The highest BCUT2D eigenvalue weighted by atomic mass is 16.3. The summed E-state index contributed by atoms with van der Waals surface area (Å²) in [4.78, 5) is 2.31. The minimum atomic E-state index is 0.885. The fraction of sp³-hybridized carbons (Fsp3) is 0. The Balaban J connectivity index is 1.11. The first-order chi connectivity index (χ1) is 21.8. The van der Waals surface area contributed by atoms with Gasteiger partial charge in [0, 0.05) is 28.0 Å². The number of nitrogens with zero attached hydrogens (tertiary/aromatic N) is 1. The lowest BCUT2D eigenvalue weighted by Crippen LogP contribution is -2.09. The predicted octanol–water partition coefficient (Wildman–Crippen LogP) is 12.1. The summed E-state index contributed by atoms with van der Waals surface area (Å²) >= 11 is 0. The van der Waals surface area contributed by atoms with Crippen LogP contribution in [0.1, 0.15) is 0 Å². The number of para-hydroxylation sites is 2. The van der Waals surface area contributed by atoms with Crippen LogP contribution in [-0.4, -0.2) is 0 Å². The highest BCUT2D eigenvalue weighted by Gasteiger charge is 2.14. The van der Waals surface area contributed by atoms with E-state index in [-0.39, 0.29) is 0 Å². The molecule has 1 heterocycles. The lowest BCUT2D eigenvalue weighted by molar-refractivity contribution is 0.632. The molecule has 0 saturated heterocycles. The third kappa shape index (κ3) is 4.83. The Morgan fingerprint density at radius 3 is 1.64 bits per heavy atom. The molecule has 0 aliphatic heterocycles. The summed E-state index contributed by atoms with van der Waals surface area (Å²) in [6.45, 7) is 0. The van der Waals surface area contributed by atoms with E-state index >= 15 is 0 Å². The first-order valence-corrected chi connectivity index (χ1v) is 14.9. The fourth-order valence-corrected chi connectivity index (χ4v) is 6.05. The van der Waals surface area contributed by atoms with Crippen molar-refractivity contribution >= 4 is 38.8 Å². The zero-order chi connectivity index (χ0) is 29.3. The first kappa shape index (κ1) is 25.8. The number of furan rings is 1. The summed E-state index contributed by atoms with van der Waals surface area (Å²) in [6.07, 6.45) is 0. The molecule has 0 N–H and O–H groups in total. The maximum absolute atomic E-state index is 6.22. The van der Waals surface area contributed by atoms with Crippen molar-refractivity contribution in [3.8, 4) is 33.6 Å². The molecule has 0 unspecified atom stereocenters. The molecule has 44 heavy (non-hydrogen) atoms. The molecule has 0 aliphatic carbocycles. The molecule has 0 amide bonds. The average molecular weight is 564 g/mol. The van der Waals surface area contributed by atoms with Gasteiger partial charge >= 0.3 is 0 Å². The Morgan fingerprint density at radius 2 is 0.886 bits per heavy atom. The van der Waals surface area contributed by atoms with Gasteiger partial charge in [-0.3, -0.25) is 0 Å². The third-order valence-electron chi connectivity index (χ3n) is 8.28. The van der Waals surface area contributed by atoms with Crippen LogP contribution in [0.3, 0.4) is 0 Å². The minimum Gasteiger partial charge on any atom is -0.456 e. The maximum Gasteiger partial charge on any atom is 0.136 e. The quantitative estimate of drug-likeness (QED) is 0.200. The van der Waals surface area contributed by atoms with Crippen LogP contribution in [0.4, 0.5) is 17.1 Å². The Labute approximate surface area is 257 Å². The summed E-state index contributed by atoms with van der Waals surface area (Å²) in [5, 5.41) is 3.58. The van der Waals surface area contributed by atoms with Crippen molar-refractivity contribution in [1.29, 1.82) is 0 Å². The van der Waals surface area contributed by atoms with Crippen LogP contribution >= 0.6 is 0 Å². The Bertz CT molecular complexity index is 2180. The SMILES string of the molecule is c1ccc(N(c2ccc(-c3ccc(-c4ccccc4-c4cc5ccccc5o4)cc3)cc2)c2ccc3ccccc3c2)cc1. The second-order valence-corrected chi connectivity index (χ2v) is 11.0. The maximum atomic E-state index is 6.22. The average Bonchev–Trinajstić information content (AvgIpc) is 3.54. The Hall–Kier alpha value is -5.86. The van der Waals surface area contributed by atoms with E-state index in [1.54, 1.807) is 0 Å². The van der Waals surface area contributed by atoms with Gasteiger partial charge in [0.05, 0.1) is 0 Å². The molecule has 7 aromatic carbocycles. The molecule has 1 aromatic heterocycles. The summed E-state index contributed by atoms with van der Waals surface area (Å²) in [6, 6.07) is 62.1. The Kier molecular flexibility index (Phi) is 6.51. The molecule has 0 fully saturated rings. The van der Waals surface area contributed by atoms with Gasteiger partial charge in [0.25, 0.3) is 0 Å². The van der Waals surface area contributed by atoms with Crippen LogP contribution in [0, 0.1) is 0 Å². The molecular formula is C42H29NO. The number of hydrogen-bond acceptors (Lipinski definition) is 2. The van der Waals surface area contributed by atoms with E-state index in [0.717, 1.165) is 50.5 Å². The third-order valence-corrected chi connectivity index (χ3v) is 8.28. The van der Waals surface area contributed by atoms with Crippen molar-refractivity contribution in [2.24, 2.45) is 0 Å². The fourth-order valence-electron chi connectivity index (χ4n) is 6.05. The molecule has 2 heteroatoms. The van der Waals surface area contributed by atoms with Gasteiger partial charge < -0.3 is 9.32 Å². The van der Waals surface area contributed by atoms with E-state index in [9.17, 15) is 0 Å². The van der Waals surface area contributed by atoms with Crippen LogP contribution in [0.5, 0.6) is 0 Å². The summed E-state index contributed by atoms with van der Waals surface area (Å²) < 4.78 is 6.22. The normalized spacial score (nSPS) is 11.2. The van der Waals surface area contributed by atoms with Crippen molar-refractivity contribution in [1.82, 2.24) is 0 Å². The van der Waals surface area contributed by atoms with E-state index < -0.39 is 0 Å². The van der Waals surface area contributed by atoms with Crippen molar-refractivity contribution in [3.63, 3.8) is 0 Å². The van der Waals surface area contributed by atoms with Crippen LogP contribution < -0.4 is 4.90 Å². The van der Waals surface area contributed by atoms with E-state index in [0.29, 0.717) is 0 Å². The number of fused-ring (bicyclic) bond motifs is 2. The molecule has 8 aromatic rings. The smallest absolute Gasteiger partial charge is 0.136 e. The lowest BCUT2D eigenvalue weighted by Gasteiger charge is -2.26. The zero-order valence-corrected chi connectivity index (χ0v) is 24.1. The van der Waals surface area contributed by atoms with Crippen molar-refractivity contribution < 1.29 is 4.42 Å². The number of rotatable bonds is 6. The standard InChI is InChI=1S/C42H29NO/c1-2-13-36(14-3-1)43(38-27-24-30-10-4-5-11-34(30)28-38)37-25-22-32(23-26-37)31-18-20-33(21-19-31)39-15-7-8-16-40(39)42-29-35-12-6-9-17-41(35)44-42/h1-29H. The molecule has 0 spiro atoms. The lowest BCUT2D eigenvalue weighted by atomic mass is 9.96. The van der Waals surface area contributed by atoms with Crippen LogP contribution in [0.15, 0.2) is 180 Å². The van der Waals surface area contributed by atoms with Gasteiger partial charge in [-0.2, -0.15) is 0 Å². The van der Waals surface area contributed by atoms with E-state index in [4.69, 9.17) is 4.42 Å². The molecule has 8 rings (SSSR count). The van der Waals surface area contributed by atoms with Gasteiger partial charge in [0.1, 0.15) is 11.3 Å². The van der Waals surface area contributed by atoms with Gasteiger partial charge in [-0.05, 0) is 81.6 Å².